The van der Waals surface area contributed by atoms with Gasteiger partial charge in [0.1, 0.15) is 11.5 Å². The van der Waals surface area contributed by atoms with Crippen molar-refractivity contribution in [1.29, 1.82) is 0 Å². The van der Waals surface area contributed by atoms with Gasteiger partial charge >= 0.3 is 0 Å². The van der Waals surface area contributed by atoms with Gasteiger partial charge in [0.25, 0.3) is 0 Å². The van der Waals surface area contributed by atoms with Gasteiger partial charge in [0, 0.05) is 31.2 Å². The molecule has 0 saturated carbocycles. The van der Waals surface area contributed by atoms with Gasteiger partial charge in [0.2, 0.25) is 10.0 Å². The molecule has 0 spiro atoms. The summed E-state index contributed by atoms with van der Waals surface area (Å²) in [6.07, 6.45) is 1.46. The number of benzene rings is 1. The van der Waals surface area contributed by atoms with Crippen LogP contribution in [0.4, 0.5) is 0 Å². The maximum Gasteiger partial charge on any atom is 0.213 e. The molecule has 0 unspecified atom stereocenters. The number of hydrogen-bond donors (Lipinski definition) is 3. The number of sulfonamides is 1. The lowest BCUT2D eigenvalue weighted by molar-refractivity contribution is 0.306. The molecule has 1 aromatic carbocycles. The molecule has 2 rings (SSSR count). The van der Waals surface area contributed by atoms with Gasteiger partial charge in [-0.3, -0.25) is 0 Å². The Morgan fingerprint density at radius 3 is 2.63 bits per heavy atom. The molecular formula is C18H30N4O4S. The van der Waals surface area contributed by atoms with E-state index < -0.39 is 10.0 Å². The van der Waals surface area contributed by atoms with Crippen LogP contribution < -0.4 is 15.4 Å². The summed E-state index contributed by atoms with van der Waals surface area (Å²) in [6, 6.07) is 5.21. The first-order valence-electron chi connectivity index (χ1n) is 9.28. The number of phenols is 1. The molecule has 27 heavy (non-hydrogen) atoms. The summed E-state index contributed by atoms with van der Waals surface area (Å²) in [4.78, 5) is 4.55. The minimum absolute atomic E-state index is 0.138. The zero-order valence-electron chi connectivity index (χ0n) is 16.2. The number of rotatable bonds is 7. The highest BCUT2D eigenvalue weighted by Crippen LogP contribution is 2.23. The third-order valence-corrected chi connectivity index (χ3v) is 6.47. The van der Waals surface area contributed by atoms with Crippen molar-refractivity contribution < 1.29 is 18.3 Å². The van der Waals surface area contributed by atoms with Crippen LogP contribution >= 0.6 is 0 Å². The number of guanidine groups is 1. The van der Waals surface area contributed by atoms with E-state index in [1.165, 1.54) is 0 Å². The first kappa shape index (κ1) is 21.3. The quantitative estimate of drug-likeness (QED) is 0.472. The molecule has 9 heteroatoms. The Hall–Kier alpha value is -2.00. The normalized spacial score (nSPS) is 16.9. The fraction of sp³-hybridized carbons (Fsp3) is 0.611. The van der Waals surface area contributed by atoms with E-state index in [1.807, 2.05) is 6.92 Å². The Morgan fingerprint density at radius 1 is 1.33 bits per heavy atom. The Kier molecular flexibility index (Phi) is 7.73. The molecule has 1 saturated heterocycles. The van der Waals surface area contributed by atoms with Crippen LogP contribution in [0.3, 0.4) is 0 Å². The van der Waals surface area contributed by atoms with Gasteiger partial charge in [0.05, 0.1) is 19.4 Å². The minimum Gasteiger partial charge on any atom is -0.508 e. The van der Waals surface area contributed by atoms with Crippen LogP contribution in [0.2, 0.25) is 0 Å². The summed E-state index contributed by atoms with van der Waals surface area (Å²) >= 11 is 0. The number of aliphatic imine (C=N–C) groups is 1. The summed E-state index contributed by atoms with van der Waals surface area (Å²) in [7, 11) is -1.54. The van der Waals surface area contributed by atoms with E-state index in [-0.39, 0.29) is 17.5 Å². The summed E-state index contributed by atoms with van der Waals surface area (Å²) < 4.78 is 30.7. The molecule has 3 N–H and O–H groups in total. The topological polar surface area (TPSA) is 103 Å². The Balaban J connectivity index is 1.99. The summed E-state index contributed by atoms with van der Waals surface area (Å²) in [5.74, 6) is 1.63. The first-order valence-corrected chi connectivity index (χ1v) is 10.9. The molecule has 0 radical (unpaired) electrons. The number of aromatic hydroxyl groups is 1. The molecule has 152 valence electrons. The van der Waals surface area contributed by atoms with Crippen LogP contribution in [0, 0.1) is 0 Å². The highest BCUT2D eigenvalue weighted by atomic mass is 32.2. The van der Waals surface area contributed by atoms with Crippen molar-refractivity contribution in [1.82, 2.24) is 14.9 Å². The third-order valence-electron chi connectivity index (χ3n) is 4.59. The molecule has 1 aromatic rings. The smallest absolute Gasteiger partial charge is 0.213 e. The Bertz CT molecular complexity index is 744. The van der Waals surface area contributed by atoms with Gasteiger partial charge in [0.15, 0.2) is 5.96 Å². The second kappa shape index (κ2) is 9.80. The van der Waals surface area contributed by atoms with Crippen molar-refractivity contribution in [2.75, 3.05) is 32.5 Å². The molecule has 1 aliphatic rings. The summed E-state index contributed by atoms with van der Waals surface area (Å²) in [6.45, 7) is 5.70. The van der Waals surface area contributed by atoms with Crippen molar-refractivity contribution >= 4 is 16.0 Å². The third kappa shape index (κ3) is 6.00. The van der Waals surface area contributed by atoms with Gasteiger partial charge in [-0.2, -0.15) is 0 Å². The number of nitrogens with zero attached hydrogens (tertiary/aromatic N) is 2. The summed E-state index contributed by atoms with van der Waals surface area (Å²) in [5, 5.41) is 16.6. The van der Waals surface area contributed by atoms with Crippen LogP contribution in [0.5, 0.6) is 11.5 Å². The predicted molar refractivity (Wildman–Crippen MR) is 107 cm³/mol. The van der Waals surface area contributed by atoms with Crippen LogP contribution in [-0.2, 0) is 16.6 Å². The van der Waals surface area contributed by atoms with E-state index >= 15 is 0 Å². The zero-order valence-corrected chi connectivity index (χ0v) is 17.1. The zero-order chi connectivity index (χ0) is 19.9. The Labute approximate surface area is 161 Å². The average Bonchev–Trinajstić information content (AvgIpc) is 2.67. The van der Waals surface area contributed by atoms with Gasteiger partial charge in [-0.1, -0.05) is 0 Å². The molecule has 8 nitrogen and oxygen atoms in total. The Morgan fingerprint density at radius 2 is 2.04 bits per heavy atom. The van der Waals surface area contributed by atoms with Crippen LogP contribution in [0.15, 0.2) is 23.2 Å². The number of phenolic OH excluding ortho intramolecular Hbond substituents is 1. The van der Waals surface area contributed by atoms with Gasteiger partial charge in [-0.05, 0) is 44.9 Å². The van der Waals surface area contributed by atoms with E-state index in [0.29, 0.717) is 43.5 Å². The second-order valence-corrected chi connectivity index (χ2v) is 8.67. The van der Waals surface area contributed by atoms with Crippen molar-refractivity contribution in [2.45, 2.75) is 39.3 Å². The lowest BCUT2D eigenvalue weighted by Gasteiger charge is -2.32. The molecule has 1 fully saturated rings. The van der Waals surface area contributed by atoms with E-state index in [2.05, 4.69) is 15.6 Å². The van der Waals surface area contributed by atoms with Gasteiger partial charge in [-0.15, -0.1) is 0 Å². The molecule has 0 aliphatic carbocycles. The number of hydrogen-bond acceptors (Lipinski definition) is 5. The van der Waals surface area contributed by atoms with Gasteiger partial charge in [-0.25, -0.2) is 17.7 Å². The highest BCUT2D eigenvalue weighted by molar-refractivity contribution is 7.89. The van der Waals surface area contributed by atoms with Crippen molar-refractivity contribution in [3.8, 4) is 11.5 Å². The molecule has 0 atom stereocenters. The predicted octanol–water partition coefficient (Wildman–Crippen LogP) is 1.27. The average molecular weight is 399 g/mol. The molecular weight excluding hydrogens is 368 g/mol. The van der Waals surface area contributed by atoms with Gasteiger partial charge < -0.3 is 20.5 Å². The van der Waals surface area contributed by atoms with E-state index in [9.17, 15) is 13.5 Å². The van der Waals surface area contributed by atoms with E-state index in [1.54, 1.807) is 36.5 Å². The molecule has 0 amide bonds. The lowest BCUT2D eigenvalue weighted by Crippen LogP contribution is -2.50. The van der Waals surface area contributed by atoms with Crippen LogP contribution in [0.1, 0.15) is 32.3 Å². The number of piperidine rings is 1. The number of ether oxygens (including phenoxy) is 1. The van der Waals surface area contributed by atoms with Crippen molar-refractivity contribution in [3.05, 3.63) is 23.8 Å². The van der Waals surface area contributed by atoms with Crippen molar-refractivity contribution in [2.24, 2.45) is 4.99 Å². The highest BCUT2D eigenvalue weighted by Gasteiger charge is 2.27. The fourth-order valence-corrected chi connectivity index (χ4v) is 4.09. The maximum absolute atomic E-state index is 12.0. The SMILES string of the molecule is CCNC(=NCc1cc(OC)ccc1O)NC1CCN(S(=O)(=O)CC)CC1. The molecule has 0 aromatic heterocycles. The minimum atomic E-state index is -3.12. The lowest BCUT2D eigenvalue weighted by atomic mass is 10.1. The number of nitrogens with one attached hydrogen (secondary N) is 2. The first-order chi connectivity index (χ1) is 12.9. The monoisotopic (exact) mass is 398 g/mol. The van der Waals surface area contributed by atoms with E-state index in [4.69, 9.17) is 4.74 Å². The molecule has 1 heterocycles. The number of methoxy groups -OCH3 is 1. The summed E-state index contributed by atoms with van der Waals surface area (Å²) in [5.41, 5.74) is 0.676. The fourth-order valence-electron chi connectivity index (χ4n) is 2.95. The second-order valence-electron chi connectivity index (χ2n) is 6.41. The van der Waals surface area contributed by atoms with Crippen molar-refractivity contribution in [3.63, 3.8) is 0 Å². The standard InChI is InChI=1S/C18H30N4O4S/c1-4-19-18(20-13-14-12-16(26-3)6-7-17(14)23)21-15-8-10-22(11-9-15)27(24,25)5-2/h6-7,12,15,23H,4-5,8-11,13H2,1-3H3,(H2,19,20,21). The van der Waals surface area contributed by atoms with Crippen LogP contribution in [-0.4, -0.2) is 62.3 Å². The maximum atomic E-state index is 12.0. The molecule has 0 bridgehead atoms. The molecule has 1 aliphatic heterocycles. The van der Waals surface area contributed by atoms with E-state index in [0.717, 1.165) is 12.8 Å². The largest absolute Gasteiger partial charge is 0.508 e. The van der Waals surface area contributed by atoms with Crippen LogP contribution in [0.25, 0.3) is 0 Å².